The molecule has 1 atom stereocenters. The van der Waals surface area contributed by atoms with E-state index in [0.29, 0.717) is 18.7 Å². The molecule has 2 heterocycles. The minimum absolute atomic E-state index is 0.00873. The number of likely N-dealkylation sites (tertiary alicyclic amines) is 1. The predicted molar refractivity (Wildman–Crippen MR) is 121 cm³/mol. The van der Waals surface area contributed by atoms with Gasteiger partial charge in [0, 0.05) is 31.2 Å². The SMILES string of the molecule is Cc1cc(C(=O)N2CCCC(CN(C(=O)OC(C)(C)C)C(C)C)C2)ccc1-n1cnnn1. The topological polar surface area (TPSA) is 93.5 Å². The minimum Gasteiger partial charge on any atom is -0.444 e. The Balaban J connectivity index is 1.68. The lowest BCUT2D eigenvalue weighted by Crippen LogP contribution is -2.48. The van der Waals surface area contributed by atoms with Crippen LogP contribution in [-0.4, -0.2) is 73.3 Å². The maximum atomic E-state index is 13.2. The van der Waals surface area contributed by atoms with Gasteiger partial charge in [-0.25, -0.2) is 9.48 Å². The summed E-state index contributed by atoms with van der Waals surface area (Å²) >= 11 is 0. The summed E-state index contributed by atoms with van der Waals surface area (Å²) in [7, 11) is 0. The highest BCUT2D eigenvalue weighted by atomic mass is 16.6. The van der Waals surface area contributed by atoms with Gasteiger partial charge in [0.05, 0.1) is 5.69 Å². The molecule has 2 aromatic rings. The first-order valence-corrected chi connectivity index (χ1v) is 11.2. The van der Waals surface area contributed by atoms with Crippen molar-refractivity contribution in [3.8, 4) is 5.69 Å². The van der Waals surface area contributed by atoms with Gasteiger partial charge in [-0.3, -0.25) is 4.79 Å². The van der Waals surface area contributed by atoms with Crippen molar-refractivity contribution >= 4 is 12.0 Å². The molecule has 0 N–H and O–H groups in total. The van der Waals surface area contributed by atoms with Crippen molar-refractivity contribution in [3.63, 3.8) is 0 Å². The second-order valence-electron chi connectivity index (χ2n) is 9.74. The smallest absolute Gasteiger partial charge is 0.410 e. The van der Waals surface area contributed by atoms with Gasteiger partial charge in [0.25, 0.3) is 5.91 Å². The van der Waals surface area contributed by atoms with E-state index in [2.05, 4.69) is 15.5 Å². The Bertz CT molecular complexity index is 936. The summed E-state index contributed by atoms with van der Waals surface area (Å²) in [5, 5.41) is 11.3. The molecule has 0 aliphatic carbocycles. The zero-order chi connectivity index (χ0) is 23.5. The van der Waals surface area contributed by atoms with Crippen molar-refractivity contribution < 1.29 is 14.3 Å². The number of tetrazole rings is 1. The number of aryl methyl sites for hydroxylation is 1. The van der Waals surface area contributed by atoms with E-state index >= 15 is 0 Å². The average Bonchev–Trinajstić information content (AvgIpc) is 3.24. The molecular formula is C23H34N6O3. The summed E-state index contributed by atoms with van der Waals surface area (Å²) < 4.78 is 7.17. The lowest BCUT2D eigenvalue weighted by atomic mass is 9.96. The van der Waals surface area contributed by atoms with Crippen LogP contribution in [0.15, 0.2) is 24.5 Å². The first kappa shape index (κ1) is 23.7. The number of amides is 2. The zero-order valence-corrected chi connectivity index (χ0v) is 19.9. The maximum Gasteiger partial charge on any atom is 0.410 e. The van der Waals surface area contributed by atoms with E-state index < -0.39 is 5.60 Å². The number of carbonyl (C=O) groups is 2. The number of hydrogen-bond donors (Lipinski definition) is 0. The number of carbonyl (C=O) groups excluding carboxylic acids is 2. The first-order valence-electron chi connectivity index (χ1n) is 11.2. The molecule has 174 valence electrons. The summed E-state index contributed by atoms with van der Waals surface area (Å²) in [4.78, 5) is 29.6. The third-order valence-electron chi connectivity index (χ3n) is 5.55. The standard InChI is InChI=1S/C23H34N6O3/c1-16(2)28(22(31)32-23(4,5)6)14-18-8-7-11-27(13-18)21(30)19-9-10-20(17(3)12-19)29-15-24-25-26-29/h9-10,12,15-16,18H,7-8,11,13-14H2,1-6H3. The Kier molecular flexibility index (Phi) is 7.16. The van der Waals surface area contributed by atoms with Crippen LogP contribution < -0.4 is 0 Å². The molecule has 1 fully saturated rings. The van der Waals surface area contributed by atoms with E-state index in [4.69, 9.17) is 4.74 Å². The molecule has 0 radical (unpaired) electrons. The van der Waals surface area contributed by atoms with Crippen molar-refractivity contribution in [2.75, 3.05) is 19.6 Å². The number of aromatic nitrogens is 4. The van der Waals surface area contributed by atoms with Crippen LogP contribution in [0.1, 0.15) is 63.4 Å². The van der Waals surface area contributed by atoms with Crippen LogP contribution in [-0.2, 0) is 4.74 Å². The monoisotopic (exact) mass is 442 g/mol. The Labute approximate surface area is 189 Å². The van der Waals surface area contributed by atoms with Gasteiger partial charge in [0.1, 0.15) is 11.9 Å². The molecular weight excluding hydrogens is 408 g/mol. The number of rotatable bonds is 5. The van der Waals surface area contributed by atoms with Crippen LogP contribution in [0, 0.1) is 12.8 Å². The zero-order valence-electron chi connectivity index (χ0n) is 19.9. The van der Waals surface area contributed by atoms with Crippen LogP contribution in [0.2, 0.25) is 0 Å². The van der Waals surface area contributed by atoms with Crippen molar-refractivity contribution in [1.82, 2.24) is 30.0 Å². The number of hydrogen-bond acceptors (Lipinski definition) is 6. The Morgan fingerprint density at radius 2 is 2.03 bits per heavy atom. The van der Waals surface area contributed by atoms with Gasteiger partial charge >= 0.3 is 6.09 Å². The van der Waals surface area contributed by atoms with Gasteiger partial charge in [-0.1, -0.05) is 0 Å². The van der Waals surface area contributed by atoms with E-state index in [0.717, 1.165) is 30.6 Å². The average molecular weight is 443 g/mol. The fourth-order valence-corrected chi connectivity index (χ4v) is 3.99. The van der Waals surface area contributed by atoms with E-state index in [1.807, 2.05) is 64.6 Å². The molecule has 32 heavy (non-hydrogen) atoms. The quantitative estimate of drug-likeness (QED) is 0.704. The van der Waals surface area contributed by atoms with Gasteiger partial charge in [0.2, 0.25) is 0 Å². The Morgan fingerprint density at radius 1 is 1.28 bits per heavy atom. The lowest BCUT2D eigenvalue weighted by Gasteiger charge is -2.37. The summed E-state index contributed by atoms with van der Waals surface area (Å²) in [6.07, 6.45) is 3.13. The minimum atomic E-state index is -0.537. The number of benzene rings is 1. The normalized spacial score (nSPS) is 16.8. The Morgan fingerprint density at radius 3 is 2.62 bits per heavy atom. The molecule has 1 aliphatic heterocycles. The van der Waals surface area contributed by atoms with Crippen molar-refractivity contribution in [2.24, 2.45) is 5.92 Å². The second kappa shape index (κ2) is 9.67. The summed E-state index contributed by atoms with van der Waals surface area (Å²) in [5.41, 5.74) is 1.87. The molecule has 1 aromatic heterocycles. The van der Waals surface area contributed by atoms with Gasteiger partial charge < -0.3 is 14.5 Å². The molecule has 0 spiro atoms. The molecule has 0 bridgehead atoms. The predicted octanol–water partition coefficient (Wildman–Crippen LogP) is 3.47. The van der Waals surface area contributed by atoms with E-state index in [1.165, 1.54) is 6.33 Å². The summed E-state index contributed by atoms with van der Waals surface area (Å²) in [6, 6.07) is 5.59. The second-order valence-corrected chi connectivity index (χ2v) is 9.74. The van der Waals surface area contributed by atoms with Crippen LogP contribution >= 0.6 is 0 Å². The number of piperidine rings is 1. The molecule has 1 aliphatic rings. The van der Waals surface area contributed by atoms with Crippen LogP contribution in [0.25, 0.3) is 5.69 Å². The molecule has 2 amide bonds. The fraction of sp³-hybridized carbons (Fsp3) is 0.609. The highest BCUT2D eigenvalue weighted by molar-refractivity contribution is 5.94. The highest BCUT2D eigenvalue weighted by Crippen LogP contribution is 2.23. The largest absolute Gasteiger partial charge is 0.444 e. The third-order valence-corrected chi connectivity index (χ3v) is 5.55. The van der Waals surface area contributed by atoms with Gasteiger partial charge in [0.15, 0.2) is 0 Å². The molecule has 1 aromatic carbocycles. The number of nitrogens with zero attached hydrogens (tertiary/aromatic N) is 6. The molecule has 1 unspecified atom stereocenters. The number of ether oxygens (including phenoxy) is 1. The van der Waals surface area contributed by atoms with Crippen molar-refractivity contribution in [3.05, 3.63) is 35.7 Å². The summed E-state index contributed by atoms with van der Waals surface area (Å²) in [5.74, 6) is 0.221. The van der Waals surface area contributed by atoms with Crippen LogP contribution in [0.3, 0.4) is 0 Å². The maximum absolute atomic E-state index is 13.2. The molecule has 1 saturated heterocycles. The third kappa shape index (κ3) is 5.83. The molecule has 9 heteroatoms. The van der Waals surface area contributed by atoms with Crippen LogP contribution in [0.5, 0.6) is 0 Å². The van der Waals surface area contributed by atoms with E-state index in [1.54, 1.807) is 9.58 Å². The van der Waals surface area contributed by atoms with Gasteiger partial charge in [-0.15, -0.1) is 5.10 Å². The van der Waals surface area contributed by atoms with Crippen molar-refractivity contribution in [2.45, 2.75) is 66.0 Å². The van der Waals surface area contributed by atoms with E-state index in [-0.39, 0.29) is 24.0 Å². The summed E-state index contributed by atoms with van der Waals surface area (Å²) in [6.45, 7) is 13.5. The van der Waals surface area contributed by atoms with Crippen LogP contribution in [0.4, 0.5) is 4.79 Å². The van der Waals surface area contributed by atoms with E-state index in [9.17, 15) is 9.59 Å². The van der Waals surface area contributed by atoms with Gasteiger partial charge in [-0.05, 0) is 94.5 Å². The Hall–Kier alpha value is -2.97. The fourth-order valence-electron chi connectivity index (χ4n) is 3.99. The molecule has 0 saturated carbocycles. The molecule has 3 rings (SSSR count). The van der Waals surface area contributed by atoms with Gasteiger partial charge in [-0.2, -0.15) is 0 Å². The first-order chi connectivity index (χ1) is 15.0. The van der Waals surface area contributed by atoms with Crippen molar-refractivity contribution in [1.29, 1.82) is 0 Å². The highest BCUT2D eigenvalue weighted by Gasteiger charge is 2.30. The lowest BCUT2D eigenvalue weighted by molar-refractivity contribution is 0.0124. The molecule has 9 nitrogen and oxygen atoms in total.